The summed E-state index contributed by atoms with van der Waals surface area (Å²) in [5, 5.41) is 7.45. The highest BCUT2D eigenvalue weighted by Crippen LogP contribution is 2.36. The molecule has 0 radical (unpaired) electrons. The number of aromatic nitrogens is 2. The molecule has 1 aliphatic rings. The Hall–Kier alpha value is -3.09. The molecule has 0 fully saturated rings. The molecule has 1 aromatic carbocycles. The van der Waals surface area contributed by atoms with Crippen LogP contribution < -0.4 is 5.32 Å². The SMILES string of the molecule is COC(=O)CC1C(C(=O)OC)=CNc2c(-c3ccccc3)cnn21. The first-order chi connectivity index (χ1) is 11.7. The zero-order chi connectivity index (χ0) is 17.1. The van der Waals surface area contributed by atoms with Gasteiger partial charge in [-0.15, -0.1) is 0 Å². The Morgan fingerprint density at radius 1 is 1.21 bits per heavy atom. The smallest absolute Gasteiger partial charge is 0.337 e. The summed E-state index contributed by atoms with van der Waals surface area (Å²) in [6.45, 7) is 0. The summed E-state index contributed by atoms with van der Waals surface area (Å²) in [5.74, 6) is -0.235. The maximum absolute atomic E-state index is 12.0. The van der Waals surface area contributed by atoms with E-state index in [0.717, 1.165) is 11.1 Å². The van der Waals surface area contributed by atoms with Crippen LogP contribution >= 0.6 is 0 Å². The number of rotatable bonds is 4. The number of ether oxygens (including phenoxy) is 2. The van der Waals surface area contributed by atoms with Gasteiger partial charge in [0.05, 0.1) is 38.5 Å². The Morgan fingerprint density at radius 3 is 2.62 bits per heavy atom. The molecule has 0 amide bonds. The summed E-state index contributed by atoms with van der Waals surface area (Å²) in [7, 11) is 2.61. The topological polar surface area (TPSA) is 82.5 Å². The van der Waals surface area contributed by atoms with Gasteiger partial charge in [-0.3, -0.25) is 4.79 Å². The van der Waals surface area contributed by atoms with Gasteiger partial charge in [-0.2, -0.15) is 5.10 Å². The fourth-order valence-electron chi connectivity index (χ4n) is 2.70. The lowest BCUT2D eigenvalue weighted by atomic mass is 10.0. The van der Waals surface area contributed by atoms with Crippen LogP contribution in [-0.2, 0) is 19.1 Å². The number of nitrogens with zero attached hydrogens (tertiary/aromatic N) is 2. The maximum Gasteiger partial charge on any atom is 0.337 e. The van der Waals surface area contributed by atoms with Gasteiger partial charge in [0, 0.05) is 11.8 Å². The Kier molecular flexibility index (Phi) is 4.33. The van der Waals surface area contributed by atoms with Crippen LogP contribution in [0.15, 0.2) is 48.3 Å². The molecule has 0 bridgehead atoms. The minimum absolute atomic E-state index is 0.0119. The minimum atomic E-state index is -0.585. The second-order valence-electron chi connectivity index (χ2n) is 5.25. The summed E-state index contributed by atoms with van der Waals surface area (Å²) in [6.07, 6.45) is 3.25. The van der Waals surface area contributed by atoms with Gasteiger partial charge in [0.2, 0.25) is 0 Å². The third-order valence-corrected chi connectivity index (χ3v) is 3.91. The van der Waals surface area contributed by atoms with Crippen molar-refractivity contribution in [3.05, 3.63) is 48.3 Å². The monoisotopic (exact) mass is 327 g/mol. The number of esters is 2. The average Bonchev–Trinajstić information content (AvgIpc) is 3.06. The fourth-order valence-corrected chi connectivity index (χ4v) is 2.70. The van der Waals surface area contributed by atoms with Crippen molar-refractivity contribution in [1.82, 2.24) is 9.78 Å². The van der Waals surface area contributed by atoms with Crippen LogP contribution in [0.25, 0.3) is 11.1 Å². The minimum Gasteiger partial charge on any atom is -0.469 e. The second-order valence-corrected chi connectivity index (χ2v) is 5.25. The van der Waals surface area contributed by atoms with Crippen molar-refractivity contribution in [2.75, 3.05) is 19.5 Å². The van der Waals surface area contributed by atoms with Crippen molar-refractivity contribution in [1.29, 1.82) is 0 Å². The molecule has 1 aromatic heterocycles. The van der Waals surface area contributed by atoms with Crippen LogP contribution in [0.4, 0.5) is 5.82 Å². The van der Waals surface area contributed by atoms with Crippen LogP contribution in [0.1, 0.15) is 12.5 Å². The Morgan fingerprint density at radius 2 is 1.96 bits per heavy atom. The molecule has 1 atom stereocenters. The summed E-state index contributed by atoms with van der Waals surface area (Å²) < 4.78 is 11.2. The summed E-state index contributed by atoms with van der Waals surface area (Å²) in [5.41, 5.74) is 2.18. The van der Waals surface area contributed by atoms with Crippen molar-refractivity contribution in [3.8, 4) is 11.1 Å². The first kappa shape index (κ1) is 15.8. The number of nitrogens with one attached hydrogen (secondary N) is 1. The predicted molar refractivity (Wildman–Crippen MR) is 87.1 cm³/mol. The quantitative estimate of drug-likeness (QED) is 0.866. The molecular formula is C17H17N3O4. The van der Waals surface area contributed by atoms with Crippen LogP contribution in [0.2, 0.25) is 0 Å². The molecule has 1 N–H and O–H groups in total. The molecule has 0 saturated heterocycles. The number of hydrogen-bond donors (Lipinski definition) is 1. The normalized spacial score (nSPS) is 15.8. The average molecular weight is 327 g/mol. The van der Waals surface area contributed by atoms with E-state index in [1.54, 1.807) is 17.1 Å². The van der Waals surface area contributed by atoms with E-state index in [4.69, 9.17) is 9.47 Å². The van der Waals surface area contributed by atoms with E-state index in [9.17, 15) is 9.59 Å². The lowest BCUT2D eigenvalue weighted by molar-refractivity contribution is -0.141. The van der Waals surface area contributed by atoms with Gasteiger partial charge in [-0.25, -0.2) is 9.48 Å². The summed E-state index contributed by atoms with van der Waals surface area (Å²) >= 11 is 0. The zero-order valence-electron chi connectivity index (χ0n) is 13.4. The predicted octanol–water partition coefficient (Wildman–Crippen LogP) is 2.14. The molecule has 24 heavy (non-hydrogen) atoms. The number of carbonyl (C=O) groups excluding carboxylic acids is 2. The Labute approximate surface area is 138 Å². The van der Waals surface area contributed by atoms with Crippen molar-refractivity contribution in [3.63, 3.8) is 0 Å². The van der Waals surface area contributed by atoms with E-state index >= 15 is 0 Å². The number of fused-ring (bicyclic) bond motifs is 1. The molecule has 2 aromatic rings. The molecule has 7 nitrogen and oxygen atoms in total. The highest BCUT2D eigenvalue weighted by molar-refractivity contribution is 5.92. The van der Waals surface area contributed by atoms with Gasteiger partial charge in [0.25, 0.3) is 0 Å². The molecular weight excluding hydrogens is 310 g/mol. The van der Waals surface area contributed by atoms with Gasteiger partial charge in [0.1, 0.15) is 5.82 Å². The fraction of sp³-hybridized carbons (Fsp3) is 0.235. The number of hydrogen-bond acceptors (Lipinski definition) is 6. The first-order valence-electron chi connectivity index (χ1n) is 7.40. The molecule has 1 unspecified atom stereocenters. The van der Waals surface area contributed by atoms with Gasteiger partial charge in [0.15, 0.2) is 0 Å². The number of carbonyl (C=O) groups is 2. The maximum atomic E-state index is 12.0. The van der Waals surface area contributed by atoms with Crippen molar-refractivity contribution < 1.29 is 19.1 Å². The van der Waals surface area contributed by atoms with Gasteiger partial charge in [-0.1, -0.05) is 30.3 Å². The van der Waals surface area contributed by atoms with E-state index < -0.39 is 18.0 Å². The van der Waals surface area contributed by atoms with E-state index in [1.165, 1.54) is 14.2 Å². The van der Waals surface area contributed by atoms with E-state index in [0.29, 0.717) is 11.4 Å². The van der Waals surface area contributed by atoms with Gasteiger partial charge >= 0.3 is 11.9 Å². The molecule has 0 spiro atoms. The molecule has 0 aliphatic carbocycles. The molecule has 3 rings (SSSR count). The van der Waals surface area contributed by atoms with E-state index in [-0.39, 0.29) is 6.42 Å². The Bertz CT molecular complexity index is 795. The van der Waals surface area contributed by atoms with Crippen LogP contribution in [0, 0.1) is 0 Å². The van der Waals surface area contributed by atoms with E-state index in [1.807, 2.05) is 30.3 Å². The van der Waals surface area contributed by atoms with Crippen molar-refractivity contribution in [2.45, 2.75) is 12.5 Å². The summed E-state index contributed by atoms with van der Waals surface area (Å²) in [6, 6.07) is 9.15. The third-order valence-electron chi connectivity index (χ3n) is 3.91. The number of anilines is 1. The zero-order valence-corrected chi connectivity index (χ0v) is 13.4. The van der Waals surface area contributed by atoms with Crippen LogP contribution in [0.5, 0.6) is 0 Å². The number of methoxy groups -OCH3 is 2. The largest absolute Gasteiger partial charge is 0.469 e. The lowest BCUT2D eigenvalue weighted by Gasteiger charge is -2.25. The molecule has 1 aliphatic heterocycles. The van der Waals surface area contributed by atoms with Crippen molar-refractivity contribution >= 4 is 17.8 Å². The number of benzene rings is 1. The standard InChI is InChI=1S/C17H17N3O4/c1-23-15(21)8-14-13(17(22)24-2)9-18-16-12(10-19-20(14)16)11-6-4-3-5-7-11/h3-7,9-10,14,18H,8H2,1-2H3. The van der Waals surface area contributed by atoms with Crippen molar-refractivity contribution in [2.24, 2.45) is 0 Å². The molecule has 2 heterocycles. The highest BCUT2D eigenvalue weighted by Gasteiger charge is 2.32. The first-order valence-corrected chi connectivity index (χ1v) is 7.40. The molecule has 7 heteroatoms. The second kappa shape index (κ2) is 6.57. The van der Waals surface area contributed by atoms with E-state index in [2.05, 4.69) is 10.4 Å². The molecule has 124 valence electrons. The van der Waals surface area contributed by atoms with Crippen LogP contribution in [0.3, 0.4) is 0 Å². The molecule has 0 saturated carbocycles. The third kappa shape index (κ3) is 2.76. The van der Waals surface area contributed by atoms with Gasteiger partial charge < -0.3 is 14.8 Å². The summed E-state index contributed by atoms with van der Waals surface area (Å²) in [4.78, 5) is 23.8. The highest BCUT2D eigenvalue weighted by atomic mass is 16.5. The lowest BCUT2D eigenvalue weighted by Crippen LogP contribution is -2.27. The Balaban J connectivity index is 2.03. The van der Waals surface area contributed by atoms with Crippen LogP contribution in [-0.4, -0.2) is 35.9 Å². The van der Waals surface area contributed by atoms with Gasteiger partial charge in [-0.05, 0) is 5.56 Å².